The molecule has 242 valence electrons. The molecule has 0 bridgehead atoms. The maximum Gasteiger partial charge on any atom is 0.211 e. The lowest BCUT2D eigenvalue weighted by molar-refractivity contribution is 0.277. The fraction of sp³-hybridized carbons (Fsp3) is 0.529. The van der Waals surface area contributed by atoms with Crippen LogP contribution in [0.1, 0.15) is 105 Å². The van der Waals surface area contributed by atoms with Crippen LogP contribution in [-0.4, -0.2) is 70.8 Å². The van der Waals surface area contributed by atoms with E-state index in [-0.39, 0.29) is 30.4 Å². The van der Waals surface area contributed by atoms with Crippen molar-refractivity contribution >= 4 is 32.8 Å². The van der Waals surface area contributed by atoms with E-state index in [9.17, 15) is 13.5 Å². The van der Waals surface area contributed by atoms with Gasteiger partial charge in [0.25, 0.3) is 0 Å². The first-order valence-corrected chi connectivity index (χ1v) is 17.6. The highest BCUT2D eigenvalue weighted by Gasteiger charge is 2.37. The van der Waals surface area contributed by atoms with Crippen LogP contribution < -0.4 is 9.62 Å². The van der Waals surface area contributed by atoms with E-state index >= 15 is 0 Å². The normalized spacial score (nSPS) is 19.0. The molecule has 2 N–H and O–H groups in total. The first-order chi connectivity index (χ1) is 21.3. The van der Waals surface area contributed by atoms with Crippen LogP contribution in [0.5, 0.6) is 0 Å². The topological polar surface area (TPSA) is 125 Å². The van der Waals surface area contributed by atoms with Crippen molar-refractivity contribution in [3.05, 3.63) is 69.8 Å². The van der Waals surface area contributed by atoms with Gasteiger partial charge < -0.3 is 10.0 Å². The van der Waals surface area contributed by atoms with Crippen molar-refractivity contribution in [2.45, 2.75) is 92.0 Å². The van der Waals surface area contributed by atoms with E-state index in [1.54, 1.807) is 4.79 Å². The monoisotopic (exact) mass is 633 g/mol. The minimum atomic E-state index is -3.36. The third kappa shape index (κ3) is 6.62. The van der Waals surface area contributed by atoms with Crippen LogP contribution in [0, 0.1) is 20.8 Å². The molecule has 0 fully saturated rings. The van der Waals surface area contributed by atoms with Crippen LogP contribution >= 0.6 is 0 Å². The quantitative estimate of drug-likeness (QED) is 0.287. The average molecular weight is 634 g/mol. The van der Waals surface area contributed by atoms with Crippen molar-refractivity contribution in [2.75, 3.05) is 30.3 Å². The molecule has 0 saturated heterocycles. The predicted molar refractivity (Wildman–Crippen MR) is 182 cm³/mol. The van der Waals surface area contributed by atoms with Crippen molar-refractivity contribution in [2.24, 2.45) is 10.1 Å². The first kappa shape index (κ1) is 33.0. The van der Waals surface area contributed by atoms with Gasteiger partial charge in [-0.2, -0.15) is 0 Å². The van der Waals surface area contributed by atoms with Gasteiger partial charge in [-0.15, -0.1) is 15.0 Å². The van der Waals surface area contributed by atoms with E-state index in [0.29, 0.717) is 42.0 Å². The van der Waals surface area contributed by atoms with E-state index in [1.807, 2.05) is 19.9 Å². The molecule has 0 radical (unpaired) electrons. The molecule has 0 aliphatic carbocycles. The Hall–Kier alpha value is -3.41. The Morgan fingerprint density at radius 3 is 2.53 bits per heavy atom. The summed E-state index contributed by atoms with van der Waals surface area (Å²) in [4.78, 5) is 14.0. The summed E-state index contributed by atoms with van der Waals surface area (Å²) in [5.41, 5.74) is 8.66. The van der Waals surface area contributed by atoms with Gasteiger partial charge in [0.05, 0.1) is 18.0 Å². The number of rotatable bonds is 11. The Kier molecular flexibility index (Phi) is 9.35. The number of aromatic nitrogens is 3. The summed E-state index contributed by atoms with van der Waals surface area (Å²) in [6.45, 7) is 17.7. The molecule has 2 atom stereocenters. The Bertz CT molecular complexity index is 1740. The van der Waals surface area contributed by atoms with Crippen LogP contribution in [-0.2, 0) is 10.0 Å². The Morgan fingerprint density at radius 2 is 1.87 bits per heavy atom. The fourth-order valence-electron chi connectivity index (χ4n) is 6.59. The number of nitrogens with one attached hydrogen (secondary N) is 1. The zero-order valence-corrected chi connectivity index (χ0v) is 28.7. The van der Waals surface area contributed by atoms with Gasteiger partial charge in [-0.1, -0.05) is 45.4 Å². The molecule has 2 aliphatic rings. The molecule has 10 nitrogen and oxygen atoms in total. The van der Waals surface area contributed by atoms with Gasteiger partial charge in [0, 0.05) is 35.8 Å². The van der Waals surface area contributed by atoms with Crippen molar-refractivity contribution in [1.82, 2.24) is 19.6 Å². The standard InChI is InChI=1S/C34H47N7O3S/c1-9-10-16-45(43,44)35-20-25(6)32-37-33-31(30(38-41(33)39-32)29-21(2)12-11-13-22(29)3)36-27-18-26-24(5)19-34(7,8)40(14-15-42)28(26)17-23(27)4/h11-13,17-18,24-25,35,42H,9-10,14-16,19-20H2,1-8H3. The number of aliphatic hydroxyl groups excluding tert-OH is 1. The van der Waals surface area contributed by atoms with Gasteiger partial charge in [0.1, 0.15) is 11.4 Å². The van der Waals surface area contributed by atoms with E-state index in [2.05, 4.69) is 75.4 Å². The summed E-state index contributed by atoms with van der Waals surface area (Å²) in [6.07, 6.45) is 2.40. The second-order valence-corrected chi connectivity index (χ2v) is 15.2. The highest BCUT2D eigenvalue weighted by Crippen LogP contribution is 2.45. The van der Waals surface area contributed by atoms with E-state index in [1.165, 1.54) is 5.56 Å². The highest BCUT2D eigenvalue weighted by molar-refractivity contribution is 7.89. The number of fused-ring (bicyclic) bond motifs is 2. The molecule has 2 aromatic carbocycles. The molecule has 11 heteroatoms. The third-order valence-electron chi connectivity index (χ3n) is 9.03. The molecule has 0 amide bonds. The lowest BCUT2D eigenvalue weighted by Gasteiger charge is -2.47. The largest absolute Gasteiger partial charge is 0.395 e. The molecule has 0 spiro atoms. The number of anilines is 1. The SMILES string of the molecule is CCCCS(=O)(=O)NCC(C)c1nc2n(n1)N=C(c1c(C)cccc1C)C2=Nc1cc2c(cc1C)N(CCO)C(C)(C)CC2C. The Labute approximate surface area is 267 Å². The molecule has 0 saturated carbocycles. The maximum atomic E-state index is 12.4. The van der Waals surface area contributed by atoms with E-state index < -0.39 is 10.0 Å². The molecule has 2 aliphatic heterocycles. The van der Waals surface area contributed by atoms with Crippen molar-refractivity contribution < 1.29 is 13.5 Å². The Morgan fingerprint density at radius 1 is 1.16 bits per heavy atom. The summed E-state index contributed by atoms with van der Waals surface area (Å²) in [5, 5.41) is 19.5. The number of aryl methyl sites for hydroxylation is 3. The minimum Gasteiger partial charge on any atom is -0.395 e. The molecule has 3 heterocycles. The van der Waals surface area contributed by atoms with Gasteiger partial charge in [0.2, 0.25) is 15.8 Å². The maximum absolute atomic E-state index is 12.4. The smallest absolute Gasteiger partial charge is 0.211 e. The Balaban J connectivity index is 1.58. The van der Waals surface area contributed by atoms with Gasteiger partial charge >= 0.3 is 0 Å². The summed E-state index contributed by atoms with van der Waals surface area (Å²) in [5.74, 6) is 1.22. The molecular formula is C34H47N7O3S. The average Bonchev–Trinajstić information content (AvgIpc) is 3.52. The molecule has 1 aromatic heterocycles. The van der Waals surface area contributed by atoms with Gasteiger partial charge in [-0.25, -0.2) is 23.1 Å². The highest BCUT2D eigenvalue weighted by atomic mass is 32.2. The number of sulfonamides is 1. The predicted octanol–water partition coefficient (Wildman–Crippen LogP) is 5.50. The number of aliphatic hydroxyl groups is 1. The molecule has 3 aromatic rings. The van der Waals surface area contributed by atoms with Crippen molar-refractivity contribution in [3.8, 4) is 0 Å². The number of hydrogen-bond donors (Lipinski definition) is 2. The first-order valence-electron chi connectivity index (χ1n) is 16.0. The van der Waals surface area contributed by atoms with Crippen LogP contribution in [0.3, 0.4) is 0 Å². The zero-order chi connectivity index (χ0) is 32.7. The summed E-state index contributed by atoms with van der Waals surface area (Å²) in [6, 6.07) is 10.5. The molecular weight excluding hydrogens is 586 g/mol. The number of unbranched alkanes of at least 4 members (excludes halogenated alkanes) is 1. The summed E-state index contributed by atoms with van der Waals surface area (Å²) in [7, 11) is -3.36. The summed E-state index contributed by atoms with van der Waals surface area (Å²) < 4.78 is 27.6. The van der Waals surface area contributed by atoms with Gasteiger partial charge in [-0.05, 0) is 87.8 Å². The fourth-order valence-corrected chi connectivity index (χ4v) is 7.91. The molecule has 2 unspecified atom stereocenters. The van der Waals surface area contributed by atoms with Crippen LogP contribution in [0.15, 0.2) is 40.4 Å². The minimum absolute atomic E-state index is 0.0731. The number of hydrogen-bond acceptors (Lipinski definition) is 8. The number of β-amino-alcohol motifs (C(OH)–C–C–N with tert-alkyl or cyclic N) is 1. The lowest BCUT2D eigenvalue weighted by atomic mass is 9.79. The van der Waals surface area contributed by atoms with Crippen LogP contribution in [0.2, 0.25) is 0 Å². The van der Waals surface area contributed by atoms with Crippen LogP contribution in [0.4, 0.5) is 11.4 Å². The van der Waals surface area contributed by atoms with Crippen molar-refractivity contribution in [1.29, 1.82) is 0 Å². The van der Waals surface area contributed by atoms with Crippen molar-refractivity contribution in [3.63, 3.8) is 0 Å². The second kappa shape index (κ2) is 12.8. The van der Waals surface area contributed by atoms with E-state index in [4.69, 9.17) is 20.2 Å². The van der Waals surface area contributed by atoms with Gasteiger partial charge in [0.15, 0.2) is 5.82 Å². The lowest BCUT2D eigenvalue weighted by Crippen LogP contribution is -2.49. The number of nitrogens with zero attached hydrogens (tertiary/aromatic N) is 6. The molecule has 5 rings (SSSR count). The third-order valence-corrected chi connectivity index (χ3v) is 10.5. The number of benzene rings is 2. The van der Waals surface area contributed by atoms with Crippen LogP contribution in [0.25, 0.3) is 0 Å². The second-order valence-electron chi connectivity index (χ2n) is 13.3. The zero-order valence-electron chi connectivity index (χ0n) is 27.8. The summed E-state index contributed by atoms with van der Waals surface area (Å²) >= 11 is 0. The van der Waals surface area contributed by atoms with E-state index in [0.717, 1.165) is 46.5 Å². The molecule has 45 heavy (non-hydrogen) atoms. The number of aliphatic imine (C=N–C) groups is 1. The van der Waals surface area contributed by atoms with Gasteiger partial charge in [-0.3, -0.25) is 0 Å².